The van der Waals surface area contributed by atoms with Crippen molar-refractivity contribution >= 4 is 23.9 Å². The number of hydrogen-bond donors (Lipinski definition) is 0. The van der Waals surface area contributed by atoms with Crippen molar-refractivity contribution in [3.63, 3.8) is 0 Å². The molecule has 0 aliphatic rings. The molecule has 0 unspecified atom stereocenters. The molecule has 0 aromatic heterocycles. The molecule has 6 heteroatoms. The molecule has 0 N–H and O–H groups in total. The average molecular weight is 511 g/mol. The van der Waals surface area contributed by atoms with E-state index in [1.54, 1.807) is 0 Å². The van der Waals surface area contributed by atoms with Crippen molar-refractivity contribution in [3.8, 4) is 0 Å². The smallest absolute Gasteiger partial charge is 0.313 e. The van der Waals surface area contributed by atoms with Crippen LogP contribution in [0.3, 0.4) is 0 Å². The van der Waals surface area contributed by atoms with Crippen LogP contribution in [0.25, 0.3) is 0 Å². The van der Waals surface area contributed by atoms with Gasteiger partial charge in [-0.25, -0.2) is 0 Å². The summed E-state index contributed by atoms with van der Waals surface area (Å²) in [5.41, 5.74) is 0. The molecular formula is C30H54O6. The van der Waals surface area contributed by atoms with Crippen LogP contribution in [0.4, 0.5) is 0 Å². The molecular weight excluding hydrogens is 456 g/mol. The van der Waals surface area contributed by atoms with Gasteiger partial charge in [-0.05, 0) is 25.7 Å². The molecule has 0 rings (SSSR count). The zero-order valence-corrected chi connectivity index (χ0v) is 23.4. The number of carbonyl (C=O) groups excluding carboxylic acids is 4. The topological polar surface area (TPSA) is 86.7 Å². The van der Waals surface area contributed by atoms with E-state index in [2.05, 4.69) is 0 Å². The summed E-state index contributed by atoms with van der Waals surface area (Å²) in [4.78, 5) is 45.5. The predicted octanol–water partition coefficient (Wildman–Crippen LogP) is 8.53. The van der Waals surface area contributed by atoms with Gasteiger partial charge in [0.05, 0.1) is 0 Å². The van der Waals surface area contributed by atoms with Gasteiger partial charge in [-0.2, -0.15) is 0 Å². The molecule has 0 bridgehead atoms. The summed E-state index contributed by atoms with van der Waals surface area (Å²) in [5, 5.41) is 0. The minimum absolute atomic E-state index is 0.320. The lowest BCUT2D eigenvalue weighted by atomic mass is 10.0. The summed E-state index contributed by atoms with van der Waals surface area (Å²) in [5.74, 6) is -1.54. The molecule has 6 nitrogen and oxygen atoms in total. The van der Waals surface area contributed by atoms with Crippen molar-refractivity contribution in [3.05, 3.63) is 0 Å². The van der Waals surface area contributed by atoms with E-state index in [0.717, 1.165) is 38.5 Å². The average Bonchev–Trinajstić information content (AvgIpc) is 2.83. The SMILES string of the molecule is CCCC(=O)OC(=O)CCCCCCCCCCCCCCCCCCCCC(=O)OC(=O)CCC. The molecule has 0 heterocycles. The van der Waals surface area contributed by atoms with E-state index in [1.165, 1.54) is 77.0 Å². The van der Waals surface area contributed by atoms with Gasteiger partial charge < -0.3 is 9.47 Å². The van der Waals surface area contributed by atoms with E-state index in [-0.39, 0.29) is 11.9 Å². The van der Waals surface area contributed by atoms with Gasteiger partial charge in [0.15, 0.2) is 0 Å². The highest BCUT2D eigenvalue weighted by Crippen LogP contribution is 2.15. The van der Waals surface area contributed by atoms with Gasteiger partial charge in [-0.15, -0.1) is 0 Å². The Morgan fingerprint density at radius 1 is 0.333 bits per heavy atom. The van der Waals surface area contributed by atoms with Gasteiger partial charge in [-0.3, -0.25) is 19.2 Å². The number of hydrogen-bond acceptors (Lipinski definition) is 6. The van der Waals surface area contributed by atoms with Crippen molar-refractivity contribution < 1.29 is 28.7 Å². The van der Waals surface area contributed by atoms with Gasteiger partial charge in [0, 0.05) is 25.7 Å². The Morgan fingerprint density at radius 2 is 0.528 bits per heavy atom. The Morgan fingerprint density at radius 3 is 0.750 bits per heavy atom. The zero-order chi connectivity index (χ0) is 26.7. The highest BCUT2D eigenvalue weighted by molar-refractivity contribution is 5.85. The lowest BCUT2D eigenvalue weighted by molar-refractivity contribution is -0.161. The number of carbonyl (C=O) groups is 4. The van der Waals surface area contributed by atoms with Gasteiger partial charge in [0.1, 0.15) is 0 Å². The molecule has 0 aromatic carbocycles. The molecule has 0 atom stereocenters. The molecule has 0 aliphatic heterocycles. The van der Waals surface area contributed by atoms with Crippen molar-refractivity contribution in [1.82, 2.24) is 0 Å². The first-order valence-electron chi connectivity index (χ1n) is 15.0. The summed E-state index contributed by atoms with van der Waals surface area (Å²) >= 11 is 0. The summed E-state index contributed by atoms with van der Waals surface area (Å²) in [7, 11) is 0. The predicted molar refractivity (Wildman–Crippen MR) is 144 cm³/mol. The largest absolute Gasteiger partial charge is 0.393 e. The number of unbranched alkanes of at least 4 members (excludes halogenated alkanes) is 17. The van der Waals surface area contributed by atoms with Crippen molar-refractivity contribution in [1.29, 1.82) is 0 Å². The number of esters is 4. The second-order valence-electron chi connectivity index (χ2n) is 10.1. The molecule has 0 aliphatic carbocycles. The molecule has 0 amide bonds. The number of ether oxygens (including phenoxy) is 2. The Kier molecular flexibility index (Phi) is 25.1. The standard InChI is InChI=1S/C30H54O6/c1-3-23-27(31)35-29(33)25-21-19-17-15-13-11-9-7-5-6-8-10-12-14-16-18-20-22-26-30(34)36-28(32)24-4-2/h3-26H2,1-2H3. The fourth-order valence-electron chi connectivity index (χ4n) is 4.23. The van der Waals surface area contributed by atoms with E-state index in [4.69, 9.17) is 9.47 Å². The normalized spacial score (nSPS) is 10.8. The van der Waals surface area contributed by atoms with Crippen LogP contribution >= 0.6 is 0 Å². The van der Waals surface area contributed by atoms with Crippen LogP contribution in [-0.2, 0) is 28.7 Å². The number of rotatable bonds is 25. The Hall–Kier alpha value is -1.72. The lowest BCUT2D eigenvalue weighted by Gasteiger charge is -2.04. The quantitative estimate of drug-likeness (QED) is 0.0695. The van der Waals surface area contributed by atoms with Crippen LogP contribution < -0.4 is 0 Å². The third-order valence-corrected chi connectivity index (χ3v) is 6.38. The highest BCUT2D eigenvalue weighted by Gasteiger charge is 2.09. The third kappa shape index (κ3) is 25.4. The summed E-state index contributed by atoms with van der Waals surface area (Å²) in [6, 6.07) is 0. The maximum atomic E-state index is 11.5. The zero-order valence-electron chi connectivity index (χ0n) is 23.4. The third-order valence-electron chi connectivity index (χ3n) is 6.38. The van der Waals surface area contributed by atoms with Crippen LogP contribution in [0.1, 0.15) is 168 Å². The van der Waals surface area contributed by atoms with Crippen molar-refractivity contribution in [2.75, 3.05) is 0 Å². The van der Waals surface area contributed by atoms with Crippen LogP contribution in [0.2, 0.25) is 0 Å². The fraction of sp³-hybridized carbons (Fsp3) is 0.867. The molecule has 0 spiro atoms. The molecule has 36 heavy (non-hydrogen) atoms. The van der Waals surface area contributed by atoms with Crippen LogP contribution in [0, 0.1) is 0 Å². The van der Waals surface area contributed by atoms with Crippen LogP contribution in [-0.4, -0.2) is 23.9 Å². The second kappa shape index (κ2) is 26.3. The molecule has 0 radical (unpaired) electrons. The lowest BCUT2D eigenvalue weighted by Crippen LogP contribution is -2.11. The Bertz CT molecular complexity index is 522. The van der Waals surface area contributed by atoms with Crippen LogP contribution in [0.5, 0.6) is 0 Å². The summed E-state index contributed by atoms with van der Waals surface area (Å²) in [6.07, 6.45) is 24.4. The van der Waals surface area contributed by atoms with E-state index >= 15 is 0 Å². The van der Waals surface area contributed by atoms with Crippen molar-refractivity contribution in [2.24, 2.45) is 0 Å². The maximum absolute atomic E-state index is 11.5. The first-order chi connectivity index (χ1) is 17.5. The second-order valence-corrected chi connectivity index (χ2v) is 10.1. The Labute approximate surface area is 220 Å². The van der Waals surface area contributed by atoms with Gasteiger partial charge in [0.25, 0.3) is 0 Å². The summed E-state index contributed by atoms with van der Waals surface area (Å²) in [6.45, 7) is 3.79. The molecule has 0 saturated heterocycles. The monoisotopic (exact) mass is 510 g/mol. The molecule has 0 aromatic rings. The maximum Gasteiger partial charge on any atom is 0.313 e. The summed E-state index contributed by atoms with van der Waals surface area (Å²) < 4.78 is 9.50. The minimum Gasteiger partial charge on any atom is -0.393 e. The molecule has 210 valence electrons. The van der Waals surface area contributed by atoms with Gasteiger partial charge in [-0.1, -0.05) is 117 Å². The minimum atomic E-state index is -0.398. The van der Waals surface area contributed by atoms with E-state index in [9.17, 15) is 19.2 Å². The van der Waals surface area contributed by atoms with Crippen LogP contribution in [0.15, 0.2) is 0 Å². The fourth-order valence-corrected chi connectivity index (χ4v) is 4.23. The molecule has 0 saturated carbocycles. The highest BCUT2D eigenvalue weighted by atomic mass is 16.6. The Balaban J connectivity index is 3.22. The first kappa shape index (κ1) is 34.3. The van der Waals surface area contributed by atoms with Gasteiger partial charge in [0.2, 0.25) is 0 Å². The molecule has 0 fully saturated rings. The van der Waals surface area contributed by atoms with E-state index in [1.807, 2.05) is 13.8 Å². The van der Waals surface area contributed by atoms with Crippen molar-refractivity contribution in [2.45, 2.75) is 168 Å². The van der Waals surface area contributed by atoms with E-state index < -0.39 is 11.9 Å². The first-order valence-corrected chi connectivity index (χ1v) is 15.0. The van der Waals surface area contributed by atoms with Gasteiger partial charge >= 0.3 is 23.9 Å². The van der Waals surface area contributed by atoms with E-state index in [0.29, 0.717) is 38.5 Å².